The zero-order valence-corrected chi connectivity index (χ0v) is 14.1. The van der Waals surface area contributed by atoms with E-state index in [0.717, 1.165) is 25.9 Å². The Balaban J connectivity index is 1.67. The van der Waals surface area contributed by atoms with Crippen LogP contribution in [0.5, 0.6) is 5.88 Å². The first-order chi connectivity index (χ1) is 12.3. The smallest absolute Gasteiger partial charge is 0.422 e. The molecule has 0 saturated carbocycles. The highest BCUT2D eigenvalue weighted by Crippen LogP contribution is 2.17. The SMILES string of the molecule is O=C(NCCC(=O)N1CCCC1)NCc1ccnc(OCC(F)(F)F)c1. The first kappa shape index (κ1) is 19.8. The minimum absolute atomic E-state index is 0.0170. The number of hydrogen-bond acceptors (Lipinski definition) is 4. The Hall–Kier alpha value is -2.52. The number of halogens is 3. The first-order valence-electron chi connectivity index (χ1n) is 8.27. The van der Waals surface area contributed by atoms with E-state index in [4.69, 9.17) is 0 Å². The largest absolute Gasteiger partial charge is 0.468 e. The highest BCUT2D eigenvalue weighted by molar-refractivity contribution is 5.78. The van der Waals surface area contributed by atoms with E-state index >= 15 is 0 Å². The molecule has 1 aromatic heterocycles. The maximum Gasteiger partial charge on any atom is 0.422 e. The number of ether oxygens (including phenoxy) is 1. The summed E-state index contributed by atoms with van der Waals surface area (Å²) in [7, 11) is 0. The lowest BCUT2D eigenvalue weighted by atomic mass is 10.2. The van der Waals surface area contributed by atoms with Crippen LogP contribution in [-0.2, 0) is 11.3 Å². The predicted octanol–water partition coefficient (Wildman–Crippen LogP) is 1.83. The Morgan fingerprint density at radius 2 is 1.96 bits per heavy atom. The van der Waals surface area contributed by atoms with Crippen molar-refractivity contribution in [2.45, 2.75) is 32.0 Å². The molecule has 0 bridgehead atoms. The number of urea groups is 1. The number of alkyl halides is 3. The average molecular weight is 374 g/mol. The lowest BCUT2D eigenvalue weighted by Gasteiger charge is -2.15. The van der Waals surface area contributed by atoms with Crippen molar-refractivity contribution in [3.05, 3.63) is 23.9 Å². The summed E-state index contributed by atoms with van der Waals surface area (Å²) in [6, 6.07) is 2.41. The molecule has 0 aromatic carbocycles. The van der Waals surface area contributed by atoms with E-state index in [-0.39, 0.29) is 31.3 Å². The van der Waals surface area contributed by atoms with Gasteiger partial charge in [0, 0.05) is 44.9 Å². The molecule has 1 aromatic rings. The van der Waals surface area contributed by atoms with Crippen molar-refractivity contribution < 1.29 is 27.5 Å². The van der Waals surface area contributed by atoms with Crippen molar-refractivity contribution in [2.24, 2.45) is 0 Å². The van der Waals surface area contributed by atoms with Crippen molar-refractivity contribution in [2.75, 3.05) is 26.2 Å². The maximum atomic E-state index is 12.1. The number of nitrogens with zero attached hydrogens (tertiary/aromatic N) is 2. The minimum Gasteiger partial charge on any atom is -0.468 e. The quantitative estimate of drug-likeness (QED) is 0.763. The lowest BCUT2D eigenvalue weighted by molar-refractivity contribution is -0.154. The maximum absolute atomic E-state index is 12.1. The van der Waals surface area contributed by atoms with Crippen LogP contribution in [0.1, 0.15) is 24.8 Å². The zero-order valence-electron chi connectivity index (χ0n) is 14.1. The molecule has 0 spiro atoms. The van der Waals surface area contributed by atoms with Crippen LogP contribution in [0.3, 0.4) is 0 Å². The number of amides is 3. The first-order valence-corrected chi connectivity index (χ1v) is 8.27. The molecule has 7 nitrogen and oxygen atoms in total. The average Bonchev–Trinajstić information content (AvgIpc) is 3.13. The second-order valence-corrected chi connectivity index (χ2v) is 5.85. The summed E-state index contributed by atoms with van der Waals surface area (Å²) in [6.45, 7) is 0.425. The van der Waals surface area contributed by atoms with Crippen LogP contribution in [0.4, 0.5) is 18.0 Å². The molecule has 1 aliphatic rings. The van der Waals surface area contributed by atoms with Crippen LogP contribution in [0.2, 0.25) is 0 Å². The molecule has 10 heteroatoms. The van der Waals surface area contributed by atoms with Crippen LogP contribution in [-0.4, -0.2) is 54.2 Å². The summed E-state index contributed by atoms with van der Waals surface area (Å²) in [6.07, 6.45) is -0.879. The van der Waals surface area contributed by atoms with Crippen LogP contribution in [0, 0.1) is 0 Å². The van der Waals surface area contributed by atoms with Crippen molar-refractivity contribution in [3.63, 3.8) is 0 Å². The third-order valence-corrected chi connectivity index (χ3v) is 3.72. The van der Waals surface area contributed by atoms with E-state index in [1.165, 1.54) is 12.3 Å². The van der Waals surface area contributed by atoms with E-state index in [1.807, 2.05) is 0 Å². The number of likely N-dealkylation sites (tertiary alicyclic amines) is 1. The van der Waals surface area contributed by atoms with Gasteiger partial charge in [-0.2, -0.15) is 13.2 Å². The predicted molar refractivity (Wildman–Crippen MR) is 86.5 cm³/mol. The number of hydrogen-bond donors (Lipinski definition) is 2. The van der Waals surface area contributed by atoms with Crippen molar-refractivity contribution in [1.82, 2.24) is 20.5 Å². The fourth-order valence-corrected chi connectivity index (χ4v) is 2.45. The Morgan fingerprint density at radius 1 is 1.23 bits per heavy atom. The lowest BCUT2D eigenvalue weighted by Crippen LogP contribution is -2.38. The summed E-state index contributed by atoms with van der Waals surface area (Å²) in [5.74, 6) is -0.151. The van der Waals surface area contributed by atoms with Gasteiger partial charge in [-0.3, -0.25) is 4.79 Å². The summed E-state index contributed by atoms with van der Waals surface area (Å²) >= 11 is 0. The normalized spacial score (nSPS) is 14.2. The van der Waals surface area contributed by atoms with E-state index in [1.54, 1.807) is 11.0 Å². The Kier molecular flexibility index (Phi) is 7.05. The number of rotatable bonds is 7. The van der Waals surface area contributed by atoms with Crippen molar-refractivity contribution in [1.29, 1.82) is 0 Å². The molecular weight excluding hydrogens is 353 g/mol. The van der Waals surface area contributed by atoms with Gasteiger partial charge in [0.2, 0.25) is 11.8 Å². The summed E-state index contributed by atoms with van der Waals surface area (Å²) in [5.41, 5.74) is 0.542. The fraction of sp³-hybridized carbons (Fsp3) is 0.562. The van der Waals surface area contributed by atoms with Gasteiger partial charge in [0.15, 0.2) is 6.61 Å². The summed E-state index contributed by atoms with van der Waals surface area (Å²) in [5, 5.41) is 5.14. The van der Waals surface area contributed by atoms with Gasteiger partial charge in [-0.05, 0) is 24.5 Å². The highest BCUT2D eigenvalue weighted by Gasteiger charge is 2.28. The van der Waals surface area contributed by atoms with E-state index < -0.39 is 18.8 Å². The molecular formula is C16H21F3N4O3. The third-order valence-electron chi connectivity index (χ3n) is 3.72. The molecule has 0 unspecified atom stereocenters. The molecule has 2 rings (SSSR count). The minimum atomic E-state index is -4.44. The topological polar surface area (TPSA) is 83.6 Å². The molecule has 1 fully saturated rings. The summed E-state index contributed by atoms with van der Waals surface area (Å²) < 4.78 is 40.9. The standard InChI is InChI=1S/C16H21F3N4O3/c17-16(18,19)11-26-13-9-12(3-5-20-13)10-22-15(25)21-6-4-14(24)23-7-1-2-8-23/h3,5,9H,1-2,4,6-8,10-11H2,(H2,21,22,25). The number of pyridine rings is 1. The van der Waals surface area contributed by atoms with E-state index in [9.17, 15) is 22.8 Å². The van der Waals surface area contributed by atoms with Gasteiger partial charge in [-0.15, -0.1) is 0 Å². The van der Waals surface area contributed by atoms with Gasteiger partial charge in [0.1, 0.15) is 0 Å². The molecule has 1 saturated heterocycles. The van der Waals surface area contributed by atoms with Gasteiger partial charge in [0.25, 0.3) is 0 Å². The second kappa shape index (κ2) is 9.25. The van der Waals surface area contributed by atoms with Crippen LogP contribution in [0.15, 0.2) is 18.3 Å². The van der Waals surface area contributed by atoms with Crippen molar-refractivity contribution >= 4 is 11.9 Å². The van der Waals surface area contributed by atoms with Gasteiger partial charge in [0.05, 0.1) is 0 Å². The number of aromatic nitrogens is 1. The van der Waals surface area contributed by atoms with Crippen LogP contribution in [0.25, 0.3) is 0 Å². The Morgan fingerprint density at radius 3 is 2.65 bits per heavy atom. The Labute approximate surface area is 148 Å². The van der Waals surface area contributed by atoms with Gasteiger partial charge in [-0.1, -0.05) is 0 Å². The molecule has 0 radical (unpaired) electrons. The van der Waals surface area contributed by atoms with Gasteiger partial charge >= 0.3 is 12.2 Å². The Bertz CT molecular complexity index is 619. The number of nitrogens with one attached hydrogen (secondary N) is 2. The molecule has 2 heterocycles. The van der Waals surface area contributed by atoms with E-state index in [2.05, 4.69) is 20.4 Å². The second-order valence-electron chi connectivity index (χ2n) is 5.85. The molecule has 26 heavy (non-hydrogen) atoms. The monoisotopic (exact) mass is 374 g/mol. The molecule has 2 N–H and O–H groups in total. The molecule has 3 amide bonds. The summed E-state index contributed by atoms with van der Waals surface area (Å²) in [4.78, 5) is 29.0. The fourth-order valence-electron chi connectivity index (χ4n) is 2.45. The number of carbonyl (C=O) groups excluding carboxylic acids is 2. The zero-order chi connectivity index (χ0) is 19.0. The molecule has 144 valence electrons. The van der Waals surface area contributed by atoms with Crippen LogP contribution >= 0.6 is 0 Å². The van der Waals surface area contributed by atoms with Gasteiger partial charge < -0.3 is 20.3 Å². The number of carbonyl (C=O) groups is 2. The molecule has 1 aliphatic heterocycles. The third kappa shape index (κ3) is 7.16. The molecule has 0 aliphatic carbocycles. The van der Waals surface area contributed by atoms with Crippen molar-refractivity contribution in [3.8, 4) is 5.88 Å². The van der Waals surface area contributed by atoms with Crippen LogP contribution < -0.4 is 15.4 Å². The molecule has 0 atom stereocenters. The van der Waals surface area contributed by atoms with E-state index in [0.29, 0.717) is 5.56 Å². The van der Waals surface area contributed by atoms with Gasteiger partial charge in [-0.25, -0.2) is 9.78 Å². The highest BCUT2D eigenvalue weighted by atomic mass is 19.4.